The van der Waals surface area contributed by atoms with Crippen molar-refractivity contribution in [3.8, 4) is 17.2 Å². The van der Waals surface area contributed by atoms with Crippen molar-refractivity contribution in [2.24, 2.45) is 0 Å². The van der Waals surface area contributed by atoms with Crippen molar-refractivity contribution in [3.63, 3.8) is 0 Å². The summed E-state index contributed by atoms with van der Waals surface area (Å²) in [4.78, 5) is 12.9. The Morgan fingerprint density at radius 3 is 2.30 bits per heavy atom. The van der Waals surface area contributed by atoms with Gasteiger partial charge in [0.15, 0.2) is 29.5 Å². The van der Waals surface area contributed by atoms with E-state index in [1.54, 1.807) is 0 Å². The Balaban J connectivity index is 1.60. The number of carbonyl (C=O) groups excluding carboxylic acids is 1. The molecule has 2 aromatic carbocycles. The van der Waals surface area contributed by atoms with Gasteiger partial charge in [-0.15, -0.1) is 0 Å². The molecule has 0 aliphatic carbocycles. The van der Waals surface area contributed by atoms with Gasteiger partial charge in [0.1, 0.15) is 42.4 Å². The minimum Gasteiger partial charge on any atom is -0.508 e. The molecule has 43 heavy (non-hydrogen) atoms. The number of aromatic hydroxyl groups is 3. The summed E-state index contributed by atoms with van der Waals surface area (Å²) in [5.41, 5.74) is -1.71. The smallest absolute Gasteiger partial charge is 0.331 e. The standard InChI is InChI=1S/C29H36O14/c1-14-22(35)23(36)24(37)27(41-14)29(39)25(38)28(40-11-10-16-4-8-18(32)19(33)12-16)42-20(13-30)26(29)43-21(34)9-5-15-2-6-17(31)7-3-15/h2-9,12,14,20,22-28,30-33,35-39H,10-11,13H2,1H3/b9-5+/t14-,20+,22-,23+,24+,25-,26+,27+,28+,29+/m0/s1. The van der Waals surface area contributed by atoms with Crippen molar-refractivity contribution >= 4 is 12.0 Å². The molecular formula is C29H36O14. The molecule has 0 bridgehead atoms. The van der Waals surface area contributed by atoms with Crippen LogP contribution in [0.1, 0.15) is 18.1 Å². The molecule has 0 amide bonds. The number of aliphatic hydroxyl groups excluding tert-OH is 5. The zero-order valence-corrected chi connectivity index (χ0v) is 23.1. The van der Waals surface area contributed by atoms with E-state index in [4.69, 9.17) is 18.9 Å². The second-order valence-electron chi connectivity index (χ2n) is 10.5. The monoisotopic (exact) mass is 608 g/mol. The second-order valence-corrected chi connectivity index (χ2v) is 10.5. The number of rotatable bonds is 9. The molecular weight excluding hydrogens is 572 g/mol. The Kier molecular flexibility index (Phi) is 10.3. The fraction of sp³-hybridized carbons (Fsp3) is 0.483. The van der Waals surface area contributed by atoms with Crippen molar-refractivity contribution in [1.82, 2.24) is 0 Å². The minimum absolute atomic E-state index is 0.00878. The first-order valence-electron chi connectivity index (χ1n) is 13.5. The predicted molar refractivity (Wildman–Crippen MR) is 146 cm³/mol. The zero-order chi connectivity index (χ0) is 31.5. The van der Waals surface area contributed by atoms with E-state index in [0.717, 1.165) is 6.08 Å². The van der Waals surface area contributed by atoms with Crippen LogP contribution in [0.2, 0.25) is 0 Å². The largest absolute Gasteiger partial charge is 0.508 e. The van der Waals surface area contributed by atoms with Gasteiger partial charge < -0.3 is 64.9 Å². The summed E-state index contributed by atoms with van der Waals surface area (Å²) in [5.74, 6) is -1.72. The highest BCUT2D eigenvalue weighted by atomic mass is 16.7. The van der Waals surface area contributed by atoms with Crippen LogP contribution in [-0.2, 0) is 30.2 Å². The van der Waals surface area contributed by atoms with Gasteiger partial charge in [-0.25, -0.2) is 4.79 Å². The number of carbonyl (C=O) groups is 1. The van der Waals surface area contributed by atoms with Crippen LogP contribution >= 0.6 is 0 Å². The lowest BCUT2D eigenvalue weighted by Gasteiger charge is -2.54. The van der Waals surface area contributed by atoms with Crippen molar-refractivity contribution in [1.29, 1.82) is 0 Å². The lowest BCUT2D eigenvalue weighted by Crippen LogP contribution is -2.77. The normalized spacial score (nSPS) is 34.7. The van der Waals surface area contributed by atoms with Crippen molar-refractivity contribution in [2.45, 2.75) is 74.1 Å². The van der Waals surface area contributed by atoms with Crippen molar-refractivity contribution in [3.05, 3.63) is 59.7 Å². The summed E-state index contributed by atoms with van der Waals surface area (Å²) in [6.45, 7) is 0.337. The van der Waals surface area contributed by atoms with E-state index in [1.165, 1.54) is 55.5 Å². The van der Waals surface area contributed by atoms with Gasteiger partial charge in [-0.1, -0.05) is 18.2 Å². The molecule has 2 saturated heterocycles. The predicted octanol–water partition coefficient (Wildman–Crippen LogP) is -1.33. The quantitative estimate of drug-likeness (QED) is 0.0911. The Bertz CT molecular complexity index is 1270. The number of hydrogen-bond acceptors (Lipinski definition) is 14. The zero-order valence-electron chi connectivity index (χ0n) is 23.1. The first-order valence-corrected chi connectivity index (χ1v) is 13.5. The van der Waals surface area contributed by atoms with E-state index in [0.29, 0.717) is 11.1 Å². The van der Waals surface area contributed by atoms with E-state index < -0.39 is 73.3 Å². The third kappa shape index (κ3) is 6.93. The van der Waals surface area contributed by atoms with Gasteiger partial charge in [0.25, 0.3) is 0 Å². The molecule has 2 fully saturated rings. The topological polar surface area (TPSA) is 236 Å². The fourth-order valence-electron chi connectivity index (χ4n) is 5.14. The molecule has 9 N–H and O–H groups in total. The van der Waals surface area contributed by atoms with Crippen LogP contribution in [0.5, 0.6) is 17.2 Å². The highest BCUT2D eigenvalue weighted by Gasteiger charge is 2.66. The number of hydrogen-bond donors (Lipinski definition) is 9. The summed E-state index contributed by atoms with van der Waals surface area (Å²) in [7, 11) is 0. The van der Waals surface area contributed by atoms with Gasteiger partial charge in [-0.05, 0) is 54.8 Å². The molecule has 2 heterocycles. The molecule has 0 radical (unpaired) electrons. The van der Waals surface area contributed by atoms with E-state index in [2.05, 4.69) is 0 Å². The summed E-state index contributed by atoms with van der Waals surface area (Å²) in [6.07, 6.45) is -13.1. The SMILES string of the molecule is C[C@@H]1O[C@@H]([C@]2(O)[C@H](OC(=O)/C=C/c3ccc(O)cc3)[C@@H](CO)O[C@@H](OCCc3ccc(O)c(O)c3)[C@@H]2O)[C@H](O)[C@H](O)[C@H]1O. The molecule has 14 heteroatoms. The Morgan fingerprint density at radius 1 is 0.953 bits per heavy atom. The van der Waals surface area contributed by atoms with Crippen LogP contribution in [0, 0.1) is 0 Å². The summed E-state index contributed by atoms with van der Waals surface area (Å²) >= 11 is 0. The fourth-order valence-corrected chi connectivity index (χ4v) is 5.14. The highest BCUT2D eigenvalue weighted by molar-refractivity contribution is 5.87. The third-order valence-electron chi connectivity index (χ3n) is 7.58. The molecule has 2 aromatic rings. The van der Waals surface area contributed by atoms with Crippen LogP contribution in [0.4, 0.5) is 0 Å². The summed E-state index contributed by atoms with van der Waals surface area (Å²) < 4.78 is 22.4. The third-order valence-corrected chi connectivity index (χ3v) is 7.58. The molecule has 2 aliphatic rings. The molecule has 0 unspecified atom stereocenters. The molecule has 0 saturated carbocycles. The van der Waals surface area contributed by atoms with Gasteiger partial charge in [0.2, 0.25) is 0 Å². The number of aliphatic hydroxyl groups is 6. The van der Waals surface area contributed by atoms with E-state index in [1.807, 2.05) is 0 Å². The molecule has 14 nitrogen and oxygen atoms in total. The molecule has 0 aromatic heterocycles. The minimum atomic E-state index is -2.76. The molecule has 236 valence electrons. The Hall–Kier alpha value is -3.31. The molecule has 2 aliphatic heterocycles. The first kappa shape index (κ1) is 32.6. The number of phenolic OH excluding ortho intramolecular Hbond substituents is 3. The second kappa shape index (κ2) is 13.5. The molecule has 10 atom stereocenters. The lowest BCUT2D eigenvalue weighted by atomic mass is 9.74. The van der Waals surface area contributed by atoms with Gasteiger partial charge in [0, 0.05) is 6.08 Å². The Morgan fingerprint density at radius 2 is 1.65 bits per heavy atom. The summed E-state index contributed by atoms with van der Waals surface area (Å²) in [5, 5.41) is 93.7. The van der Waals surface area contributed by atoms with E-state index in [9.17, 15) is 50.8 Å². The van der Waals surface area contributed by atoms with Gasteiger partial charge >= 0.3 is 5.97 Å². The number of benzene rings is 2. The van der Waals surface area contributed by atoms with Crippen molar-refractivity contribution in [2.75, 3.05) is 13.2 Å². The van der Waals surface area contributed by atoms with Crippen LogP contribution in [0.25, 0.3) is 6.08 Å². The van der Waals surface area contributed by atoms with E-state index >= 15 is 0 Å². The van der Waals surface area contributed by atoms with Gasteiger partial charge in [0.05, 0.1) is 19.3 Å². The Labute approximate surface area is 246 Å². The average molecular weight is 609 g/mol. The van der Waals surface area contributed by atoms with Crippen LogP contribution in [0.15, 0.2) is 48.5 Å². The average Bonchev–Trinajstić information content (AvgIpc) is 2.98. The van der Waals surface area contributed by atoms with E-state index in [-0.39, 0.29) is 30.3 Å². The molecule has 0 spiro atoms. The highest BCUT2D eigenvalue weighted by Crippen LogP contribution is 2.41. The van der Waals surface area contributed by atoms with Gasteiger partial charge in [-0.2, -0.15) is 0 Å². The van der Waals surface area contributed by atoms with Crippen molar-refractivity contribution < 1.29 is 69.7 Å². The molecule has 4 rings (SSSR count). The number of ether oxygens (including phenoxy) is 4. The van der Waals surface area contributed by atoms with Gasteiger partial charge in [-0.3, -0.25) is 0 Å². The first-order chi connectivity index (χ1) is 20.4. The number of phenols is 3. The maximum Gasteiger partial charge on any atom is 0.331 e. The lowest BCUT2D eigenvalue weighted by molar-refractivity contribution is -0.372. The van der Waals surface area contributed by atoms with Crippen LogP contribution in [-0.4, -0.2) is 126 Å². The summed E-state index contributed by atoms with van der Waals surface area (Å²) in [6, 6.07) is 9.90. The van der Waals surface area contributed by atoms with Crippen LogP contribution < -0.4 is 0 Å². The number of esters is 1. The maximum atomic E-state index is 12.9. The van der Waals surface area contributed by atoms with Crippen LogP contribution in [0.3, 0.4) is 0 Å². The maximum absolute atomic E-state index is 12.9.